The van der Waals surface area contributed by atoms with Crippen LogP contribution in [0.4, 0.5) is 0 Å². The largest absolute Gasteiger partial charge is 0.481 e. The first-order valence-corrected chi connectivity index (χ1v) is 11.5. The number of nitrogens with zero attached hydrogens (tertiary/aromatic N) is 1. The highest BCUT2D eigenvalue weighted by Crippen LogP contribution is 2.46. The number of carboxylic acids is 2. The first-order chi connectivity index (χ1) is 15.0. The van der Waals surface area contributed by atoms with Crippen LogP contribution in [-0.2, 0) is 15.0 Å². The molecule has 0 radical (unpaired) electrons. The molecule has 0 saturated carbocycles. The van der Waals surface area contributed by atoms with Gasteiger partial charge in [0.1, 0.15) is 0 Å². The molecule has 6 heteroatoms. The minimum absolute atomic E-state index is 0.172. The third-order valence-electron chi connectivity index (χ3n) is 5.01. The van der Waals surface area contributed by atoms with Gasteiger partial charge >= 0.3 is 11.9 Å². The number of fused-ring (bicyclic) bond motifs is 2. The Morgan fingerprint density at radius 2 is 1.53 bits per heavy atom. The van der Waals surface area contributed by atoms with Gasteiger partial charge in [0.2, 0.25) is 0 Å². The molecule has 0 fully saturated rings. The summed E-state index contributed by atoms with van der Waals surface area (Å²) in [6.45, 7) is 7.93. The zero-order valence-electron chi connectivity index (χ0n) is 19.5. The van der Waals surface area contributed by atoms with E-state index in [2.05, 4.69) is 88.3 Å². The Bertz CT molecular complexity index is 976. The normalized spacial score (nSPS) is 13.8. The number of aliphatic carboxylic acids is 2. The lowest BCUT2D eigenvalue weighted by atomic mass is 9.84. The Kier molecular flexibility index (Phi) is 9.10. The van der Waals surface area contributed by atoms with E-state index >= 15 is 0 Å². The van der Waals surface area contributed by atoms with E-state index in [0.29, 0.717) is 0 Å². The van der Waals surface area contributed by atoms with Crippen molar-refractivity contribution in [3.05, 3.63) is 65.2 Å². The molecule has 3 rings (SSSR count). The maximum Gasteiger partial charge on any atom is 0.303 e. The van der Waals surface area contributed by atoms with Crippen LogP contribution in [0.3, 0.4) is 0 Å². The summed E-state index contributed by atoms with van der Waals surface area (Å²) in [4.78, 5) is 24.3. The zero-order chi connectivity index (χ0) is 23.9. The van der Waals surface area contributed by atoms with Crippen molar-refractivity contribution in [2.45, 2.75) is 55.2 Å². The highest BCUT2D eigenvalue weighted by Gasteiger charge is 2.23. The maximum atomic E-state index is 9.64. The quantitative estimate of drug-likeness (QED) is 0.491. The predicted octanol–water partition coefficient (Wildman–Crippen LogP) is 5.77. The fraction of sp³-hybridized carbons (Fsp3) is 0.385. The molecule has 0 bridgehead atoms. The average Bonchev–Trinajstić information content (AvgIpc) is 2.71. The van der Waals surface area contributed by atoms with Crippen molar-refractivity contribution in [2.75, 3.05) is 20.6 Å². The van der Waals surface area contributed by atoms with Gasteiger partial charge < -0.3 is 15.1 Å². The highest BCUT2D eigenvalue weighted by atomic mass is 32.2. The van der Waals surface area contributed by atoms with E-state index in [1.165, 1.54) is 32.1 Å². The minimum Gasteiger partial charge on any atom is -0.481 e. The lowest BCUT2D eigenvalue weighted by Gasteiger charge is -2.26. The van der Waals surface area contributed by atoms with Gasteiger partial charge in [-0.05, 0) is 66.4 Å². The summed E-state index contributed by atoms with van der Waals surface area (Å²) < 4.78 is 0. The lowest BCUT2D eigenvalue weighted by Crippen LogP contribution is -2.13. The summed E-state index contributed by atoms with van der Waals surface area (Å²) in [6.07, 6.45) is 2.90. The van der Waals surface area contributed by atoms with Crippen molar-refractivity contribution in [1.82, 2.24) is 4.90 Å². The minimum atomic E-state index is -1.08. The number of benzene rings is 2. The van der Waals surface area contributed by atoms with E-state index in [0.717, 1.165) is 13.0 Å². The van der Waals surface area contributed by atoms with Crippen LogP contribution in [0.5, 0.6) is 0 Å². The number of rotatable bonds is 6. The van der Waals surface area contributed by atoms with Crippen molar-refractivity contribution in [3.8, 4) is 0 Å². The molecular weight excluding hydrogens is 422 g/mol. The van der Waals surface area contributed by atoms with E-state index in [1.54, 1.807) is 0 Å². The second-order valence-corrected chi connectivity index (χ2v) is 10.1. The zero-order valence-corrected chi connectivity index (χ0v) is 20.3. The molecule has 1 heterocycles. The number of carboxylic acid groups (broad SMARTS) is 2. The summed E-state index contributed by atoms with van der Waals surface area (Å²) in [5.41, 5.74) is 5.74. The van der Waals surface area contributed by atoms with Gasteiger partial charge in [0.25, 0.3) is 0 Å². The maximum absolute atomic E-state index is 9.64. The fourth-order valence-electron chi connectivity index (χ4n) is 3.24. The van der Waals surface area contributed by atoms with Crippen LogP contribution >= 0.6 is 11.8 Å². The second kappa shape index (κ2) is 11.3. The number of hydrogen-bond acceptors (Lipinski definition) is 4. The lowest BCUT2D eigenvalue weighted by molar-refractivity contribution is -0.143. The van der Waals surface area contributed by atoms with E-state index in [-0.39, 0.29) is 18.3 Å². The Labute approximate surface area is 195 Å². The number of carbonyl (C=O) groups is 2. The van der Waals surface area contributed by atoms with Crippen LogP contribution in [-0.4, -0.2) is 47.7 Å². The molecular formula is C26H33NO4S. The van der Waals surface area contributed by atoms with Crippen LogP contribution in [0.2, 0.25) is 0 Å². The van der Waals surface area contributed by atoms with Crippen molar-refractivity contribution in [3.63, 3.8) is 0 Å². The van der Waals surface area contributed by atoms with E-state index in [9.17, 15) is 9.59 Å². The third kappa shape index (κ3) is 7.53. The summed E-state index contributed by atoms with van der Waals surface area (Å²) >= 11 is 1.89. The molecule has 0 aromatic heterocycles. The van der Waals surface area contributed by atoms with Crippen molar-refractivity contribution < 1.29 is 19.8 Å². The third-order valence-corrected chi connectivity index (χ3v) is 6.16. The van der Waals surface area contributed by atoms with Gasteiger partial charge in [0, 0.05) is 16.3 Å². The first kappa shape index (κ1) is 25.7. The summed E-state index contributed by atoms with van der Waals surface area (Å²) in [5, 5.41) is 15.8. The Balaban J connectivity index is 0.000000390. The smallest absolute Gasteiger partial charge is 0.303 e. The molecule has 172 valence electrons. The van der Waals surface area contributed by atoms with Gasteiger partial charge in [0.15, 0.2) is 0 Å². The molecule has 0 atom stereocenters. The van der Waals surface area contributed by atoms with E-state index < -0.39 is 11.9 Å². The molecule has 32 heavy (non-hydrogen) atoms. The molecule has 2 aromatic carbocycles. The van der Waals surface area contributed by atoms with Gasteiger partial charge in [0.05, 0.1) is 12.8 Å². The van der Waals surface area contributed by atoms with Crippen molar-refractivity contribution in [2.24, 2.45) is 0 Å². The van der Waals surface area contributed by atoms with Gasteiger partial charge in [-0.15, -0.1) is 0 Å². The van der Waals surface area contributed by atoms with Crippen LogP contribution < -0.4 is 0 Å². The SMILES string of the molecule is CN(C)CC/C=C1/c2ccccc2Sc2ccc(C(C)(C)C)cc21.O=C(O)CCC(=O)O. The molecule has 0 spiro atoms. The second-order valence-electron chi connectivity index (χ2n) is 9.06. The van der Waals surface area contributed by atoms with Gasteiger partial charge in [-0.25, -0.2) is 0 Å². The Morgan fingerprint density at radius 3 is 2.09 bits per heavy atom. The summed E-state index contributed by atoms with van der Waals surface area (Å²) in [7, 11) is 4.27. The molecule has 2 N–H and O–H groups in total. The van der Waals surface area contributed by atoms with Gasteiger partial charge in [-0.2, -0.15) is 0 Å². The monoisotopic (exact) mass is 455 g/mol. The standard InChI is InChI=1S/C22H27NS.C4H6O4/c1-22(2,3)16-12-13-21-19(15-16)17(10-8-14-23(4)5)18-9-6-7-11-20(18)24-21;5-3(6)1-2-4(7)8/h6-7,9-13,15H,8,14H2,1-5H3;1-2H2,(H,5,6)(H,7,8)/b17-10-;. The molecule has 0 saturated heterocycles. The average molecular weight is 456 g/mol. The molecule has 0 aliphatic carbocycles. The molecule has 5 nitrogen and oxygen atoms in total. The predicted molar refractivity (Wildman–Crippen MR) is 130 cm³/mol. The van der Waals surface area contributed by atoms with E-state index in [4.69, 9.17) is 10.2 Å². The van der Waals surface area contributed by atoms with Crippen molar-refractivity contribution >= 4 is 29.3 Å². The molecule has 0 amide bonds. The molecule has 2 aromatic rings. The van der Waals surface area contributed by atoms with Crippen molar-refractivity contribution in [1.29, 1.82) is 0 Å². The van der Waals surface area contributed by atoms with Crippen LogP contribution in [0.25, 0.3) is 5.57 Å². The molecule has 1 aliphatic rings. The topological polar surface area (TPSA) is 77.8 Å². The first-order valence-electron chi connectivity index (χ1n) is 10.7. The van der Waals surface area contributed by atoms with E-state index in [1.807, 2.05) is 11.8 Å². The fourth-order valence-corrected chi connectivity index (χ4v) is 4.32. The summed E-state index contributed by atoms with van der Waals surface area (Å²) in [5.74, 6) is -2.15. The Morgan fingerprint density at radius 1 is 0.938 bits per heavy atom. The highest BCUT2D eigenvalue weighted by molar-refractivity contribution is 7.99. The van der Waals surface area contributed by atoms with Crippen LogP contribution in [0, 0.1) is 0 Å². The molecule has 0 unspecified atom stereocenters. The van der Waals surface area contributed by atoms with Gasteiger partial charge in [-0.1, -0.05) is 62.9 Å². The summed E-state index contributed by atoms with van der Waals surface area (Å²) in [6, 6.07) is 15.8. The Hall–Kier alpha value is -2.57. The van der Waals surface area contributed by atoms with Crippen LogP contribution in [0.1, 0.15) is 56.7 Å². The molecule has 1 aliphatic heterocycles. The number of hydrogen-bond donors (Lipinski definition) is 2. The van der Waals surface area contributed by atoms with Crippen LogP contribution in [0.15, 0.2) is 58.3 Å². The van der Waals surface area contributed by atoms with Gasteiger partial charge in [-0.3, -0.25) is 9.59 Å².